The lowest BCUT2D eigenvalue weighted by atomic mass is 10.1. The Morgan fingerprint density at radius 3 is 2.17 bits per heavy atom. The number of carbonyl (C=O) groups excluding carboxylic acids is 2. The fraction of sp³-hybridized carbons (Fsp3) is 0.438. The minimum Gasteiger partial charge on any atom is -0.478 e. The molecule has 0 spiro atoms. The number of carbonyl (C=O) groups is 3. The lowest BCUT2D eigenvalue weighted by Crippen LogP contribution is -2.37. The molecule has 0 heterocycles. The summed E-state index contributed by atoms with van der Waals surface area (Å²) in [4.78, 5) is 33.6. The fourth-order valence-electron chi connectivity index (χ4n) is 1.72. The van der Waals surface area contributed by atoms with E-state index in [1.807, 2.05) is 13.8 Å². The predicted molar refractivity (Wildman–Crippen MR) is 86.1 cm³/mol. The van der Waals surface area contributed by atoms with Crippen LogP contribution in [0, 0.1) is 5.92 Å². The van der Waals surface area contributed by atoms with E-state index in [2.05, 4.69) is 16.0 Å². The first-order valence-electron chi connectivity index (χ1n) is 7.51. The maximum Gasteiger partial charge on any atom is 0.335 e. The van der Waals surface area contributed by atoms with Gasteiger partial charge in [0, 0.05) is 25.6 Å². The molecule has 7 heteroatoms. The highest BCUT2D eigenvalue weighted by molar-refractivity contribution is 5.87. The highest BCUT2D eigenvalue weighted by atomic mass is 16.4. The van der Waals surface area contributed by atoms with Gasteiger partial charge in [0.15, 0.2) is 0 Å². The van der Waals surface area contributed by atoms with Crippen LogP contribution in [0.5, 0.6) is 0 Å². The predicted octanol–water partition coefficient (Wildman–Crippen LogP) is 1.35. The standard InChI is InChI=1S/C16H23N3O4/c1-11(2)14(20)17-8-3-9-18-16(23)19-10-12-4-6-13(7-5-12)15(21)22/h4-7,11H,3,8-10H2,1-2H3,(H,17,20)(H,21,22)(H2,18,19,23). The molecule has 0 unspecified atom stereocenters. The number of benzene rings is 1. The third-order valence-electron chi connectivity index (χ3n) is 3.12. The molecule has 23 heavy (non-hydrogen) atoms. The van der Waals surface area contributed by atoms with Gasteiger partial charge in [-0.05, 0) is 24.1 Å². The van der Waals surface area contributed by atoms with Crippen molar-refractivity contribution >= 4 is 17.9 Å². The van der Waals surface area contributed by atoms with Gasteiger partial charge in [0.2, 0.25) is 5.91 Å². The van der Waals surface area contributed by atoms with Crippen LogP contribution in [-0.4, -0.2) is 36.1 Å². The SMILES string of the molecule is CC(C)C(=O)NCCCNC(=O)NCc1ccc(C(=O)O)cc1. The molecule has 0 aliphatic carbocycles. The lowest BCUT2D eigenvalue weighted by molar-refractivity contribution is -0.123. The molecule has 0 aliphatic rings. The minimum atomic E-state index is -0.980. The molecule has 1 aromatic rings. The summed E-state index contributed by atoms with van der Waals surface area (Å²) in [5.41, 5.74) is 1.02. The van der Waals surface area contributed by atoms with Crippen molar-refractivity contribution in [2.75, 3.05) is 13.1 Å². The first kappa shape index (κ1) is 18.5. The average Bonchev–Trinajstić information content (AvgIpc) is 2.52. The first-order valence-corrected chi connectivity index (χ1v) is 7.51. The maximum atomic E-state index is 11.6. The second-order valence-corrected chi connectivity index (χ2v) is 5.41. The van der Waals surface area contributed by atoms with Gasteiger partial charge in [-0.2, -0.15) is 0 Å². The van der Waals surface area contributed by atoms with E-state index in [1.165, 1.54) is 12.1 Å². The molecule has 0 aromatic heterocycles. The van der Waals surface area contributed by atoms with Crippen molar-refractivity contribution in [3.05, 3.63) is 35.4 Å². The fourth-order valence-corrected chi connectivity index (χ4v) is 1.72. The number of carboxylic acids is 1. The zero-order valence-corrected chi connectivity index (χ0v) is 13.4. The topological polar surface area (TPSA) is 108 Å². The largest absolute Gasteiger partial charge is 0.478 e. The number of carboxylic acid groups (broad SMARTS) is 1. The molecule has 0 aliphatic heterocycles. The van der Waals surface area contributed by atoms with Gasteiger partial charge in [-0.3, -0.25) is 4.79 Å². The summed E-state index contributed by atoms with van der Waals surface area (Å²) in [6, 6.07) is 6.00. The number of nitrogens with one attached hydrogen (secondary N) is 3. The van der Waals surface area contributed by atoms with Crippen molar-refractivity contribution in [3.8, 4) is 0 Å². The summed E-state index contributed by atoms with van der Waals surface area (Å²) >= 11 is 0. The van der Waals surface area contributed by atoms with Gasteiger partial charge in [-0.1, -0.05) is 26.0 Å². The van der Waals surface area contributed by atoms with Crippen LogP contribution in [0.15, 0.2) is 24.3 Å². The third-order valence-corrected chi connectivity index (χ3v) is 3.12. The molecule has 0 saturated carbocycles. The maximum absolute atomic E-state index is 11.6. The van der Waals surface area contributed by atoms with Crippen LogP contribution >= 0.6 is 0 Å². The molecule has 1 aromatic carbocycles. The summed E-state index contributed by atoms with van der Waals surface area (Å²) in [7, 11) is 0. The molecule has 126 valence electrons. The van der Waals surface area contributed by atoms with Crippen molar-refractivity contribution in [1.29, 1.82) is 0 Å². The van der Waals surface area contributed by atoms with Crippen LogP contribution in [-0.2, 0) is 11.3 Å². The molecule has 0 radical (unpaired) electrons. The molecule has 0 saturated heterocycles. The van der Waals surface area contributed by atoms with Crippen molar-refractivity contribution in [1.82, 2.24) is 16.0 Å². The molecular formula is C16H23N3O4. The van der Waals surface area contributed by atoms with Gasteiger partial charge in [0.1, 0.15) is 0 Å². The monoisotopic (exact) mass is 321 g/mol. The molecule has 0 fully saturated rings. The van der Waals surface area contributed by atoms with E-state index in [0.717, 1.165) is 5.56 Å². The Kier molecular flexibility index (Phi) is 7.59. The number of aromatic carboxylic acids is 1. The summed E-state index contributed by atoms with van der Waals surface area (Å²) in [5, 5.41) is 16.9. The molecule has 1 rings (SSSR count). The molecule has 0 atom stereocenters. The van der Waals surface area contributed by atoms with Gasteiger partial charge in [-0.15, -0.1) is 0 Å². The second-order valence-electron chi connectivity index (χ2n) is 5.41. The molecule has 4 N–H and O–H groups in total. The van der Waals surface area contributed by atoms with Crippen molar-refractivity contribution in [2.24, 2.45) is 5.92 Å². The highest BCUT2D eigenvalue weighted by Gasteiger charge is 2.05. The minimum absolute atomic E-state index is 0.000686. The molecule has 7 nitrogen and oxygen atoms in total. The lowest BCUT2D eigenvalue weighted by Gasteiger charge is -2.09. The van der Waals surface area contributed by atoms with Gasteiger partial charge < -0.3 is 21.1 Å². The van der Waals surface area contributed by atoms with Gasteiger partial charge in [-0.25, -0.2) is 9.59 Å². The summed E-state index contributed by atoms with van der Waals surface area (Å²) in [5.74, 6) is -1.02. The highest BCUT2D eigenvalue weighted by Crippen LogP contribution is 2.04. The van der Waals surface area contributed by atoms with Gasteiger partial charge in [0.25, 0.3) is 0 Å². The van der Waals surface area contributed by atoms with Crippen LogP contribution in [0.1, 0.15) is 36.2 Å². The summed E-state index contributed by atoms with van der Waals surface area (Å²) < 4.78 is 0. The van der Waals surface area contributed by atoms with Crippen molar-refractivity contribution in [3.63, 3.8) is 0 Å². The number of amides is 3. The Labute approximate surface area is 135 Å². The van der Waals surface area contributed by atoms with Gasteiger partial charge >= 0.3 is 12.0 Å². The molecular weight excluding hydrogens is 298 g/mol. The van der Waals surface area contributed by atoms with E-state index >= 15 is 0 Å². The molecule has 0 bridgehead atoms. The second kappa shape index (κ2) is 9.45. The van der Waals surface area contributed by atoms with E-state index in [4.69, 9.17) is 5.11 Å². The van der Waals surface area contributed by atoms with E-state index in [0.29, 0.717) is 26.1 Å². The zero-order chi connectivity index (χ0) is 17.2. The van der Waals surface area contributed by atoms with Crippen LogP contribution in [0.3, 0.4) is 0 Å². The first-order chi connectivity index (χ1) is 10.9. The number of rotatable bonds is 8. The summed E-state index contributed by atoms with van der Waals surface area (Å²) in [6.45, 7) is 4.94. The van der Waals surface area contributed by atoms with E-state index in [-0.39, 0.29) is 23.4 Å². The Bertz CT molecular complexity index is 541. The van der Waals surface area contributed by atoms with E-state index in [1.54, 1.807) is 12.1 Å². The van der Waals surface area contributed by atoms with Crippen molar-refractivity contribution < 1.29 is 19.5 Å². The van der Waals surface area contributed by atoms with E-state index in [9.17, 15) is 14.4 Å². The Hall–Kier alpha value is -2.57. The average molecular weight is 321 g/mol. The van der Waals surface area contributed by atoms with Gasteiger partial charge in [0.05, 0.1) is 5.56 Å². The molecule has 3 amide bonds. The van der Waals surface area contributed by atoms with Crippen LogP contribution in [0.25, 0.3) is 0 Å². The number of urea groups is 1. The van der Waals surface area contributed by atoms with Crippen molar-refractivity contribution in [2.45, 2.75) is 26.8 Å². The normalized spacial score (nSPS) is 10.2. The Balaban J connectivity index is 2.17. The van der Waals surface area contributed by atoms with Crippen LogP contribution in [0.4, 0.5) is 4.79 Å². The van der Waals surface area contributed by atoms with Crippen LogP contribution < -0.4 is 16.0 Å². The number of hydrogen-bond donors (Lipinski definition) is 4. The van der Waals surface area contributed by atoms with E-state index < -0.39 is 5.97 Å². The van der Waals surface area contributed by atoms with Crippen LogP contribution in [0.2, 0.25) is 0 Å². The zero-order valence-electron chi connectivity index (χ0n) is 13.4. The number of hydrogen-bond acceptors (Lipinski definition) is 3. The summed E-state index contributed by atoms with van der Waals surface area (Å²) in [6.07, 6.45) is 0.652. The smallest absolute Gasteiger partial charge is 0.335 e. The quantitative estimate of drug-likeness (QED) is 0.542. The Morgan fingerprint density at radius 2 is 1.61 bits per heavy atom. The third kappa shape index (κ3) is 7.30. The Morgan fingerprint density at radius 1 is 1.00 bits per heavy atom.